The molecule has 2 N–H and O–H groups in total. The Kier molecular flexibility index (Phi) is 4.16. The largest absolute Gasteiger partial charge is 0.488 e. The van der Waals surface area contributed by atoms with Gasteiger partial charge in [-0.2, -0.15) is 0 Å². The third-order valence-corrected chi connectivity index (χ3v) is 3.12. The first-order valence-electron chi connectivity index (χ1n) is 5.53. The number of benzene rings is 2. The summed E-state index contributed by atoms with van der Waals surface area (Å²) in [5.41, 5.74) is 6.29. The molecule has 0 aliphatic heterocycles. The van der Waals surface area contributed by atoms with E-state index in [1.165, 1.54) is 12.1 Å². The van der Waals surface area contributed by atoms with Crippen molar-refractivity contribution in [3.63, 3.8) is 0 Å². The van der Waals surface area contributed by atoms with E-state index in [1.54, 1.807) is 30.3 Å². The van der Waals surface area contributed by atoms with Gasteiger partial charge in [0.2, 0.25) is 5.91 Å². The Bertz CT molecular complexity index is 616. The highest BCUT2D eigenvalue weighted by atomic mass is 79.9. The quantitative estimate of drug-likeness (QED) is 0.938. The van der Waals surface area contributed by atoms with Crippen molar-refractivity contribution in [1.82, 2.24) is 0 Å². The molecular formula is C14H11BrFNO2. The standard InChI is InChI=1S/C14H11BrFNO2/c15-12-7-10(14(17)18)4-5-13(12)19-8-9-2-1-3-11(16)6-9/h1-7H,8H2,(H2,17,18). The molecule has 0 aromatic heterocycles. The lowest BCUT2D eigenvalue weighted by atomic mass is 10.2. The molecule has 5 heteroatoms. The molecular weight excluding hydrogens is 313 g/mol. The third kappa shape index (κ3) is 3.54. The van der Waals surface area contributed by atoms with Gasteiger partial charge in [0.15, 0.2) is 0 Å². The highest BCUT2D eigenvalue weighted by Gasteiger charge is 2.06. The first kappa shape index (κ1) is 13.5. The molecule has 1 amide bonds. The highest BCUT2D eigenvalue weighted by Crippen LogP contribution is 2.26. The first-order chi connectivity index (χ1) is 9.06. The van der Waals surface area contributed by atoms with Crippen LogP contribution in [0.4, 0.5) is 4.39 Å². The SMILES string of the molecule is NC(=O)c1ccc(OCc2cccc(F)c2)c(Br)c1. The monoisotopic (exact) mass is 323 g/mol. The van der Waals surface area contributed by atoms with E-state index in [4.69, 9.17) is 10.5 Å². The van der Waals surface area contributed by atoms with Crippen molar-refractivity contribution >= 4 is 21.8 Å². The van der Waals surface area contributed by atoms with E-state index < -0.39 is 5.91 Å². The number of hydrogen-bond donors (Lipinski definition) is 1. The summed E-state index contributed by atoms with van der Waals surface area (Å²) in [5, 5.41) is 0. The van der Waals surface area contributed by atoms with Crippen LogP contribution in [0.15, 0.2) is 46.9 Å². The third-order valence-electron chi connectivity index (χ3n) is 2.50. The lowest BCUT2D eigenvalue weighted by Crippen LogP contribution is -2.10. The summed E-state index contributed by atoms with van der Waals surface area (Å²) in [7, 11) is 0. The molecule has 2 aromatic carbocycles. The lowest BCUT2D eigenvalue weighted by molar-refractivity contribution is 0.1000. The summed E-state index contributed by atoms with van der Waals surface area (Å²) in [6.45, 7) is 0.242. The molecule has 0 aliphatic carbocycles. The fourth-order valence-corrected chi connectivity index (χ4v) is 2.05. The van der Waals surface area contributed by atoms with Crippen LogP contribution in [0.25, 0.3) is 0 Å². The maximum Gasteiger partial charge on any atom is 0.248 e. The van der Waals surface area contributed by atoms with Crippen molar-refractivity contribution in [2.45, 2.75) is 6.61 Å². The summed E-state index contributed by atoms with van der Waals surface area (Å²) >= 11 is 3.30. The first-order valence-corrected chi connectivity index (χ1v) is 6.32. The molecule has 0 saturated carbocycles. The number of halogens is 2. The van der Waals surface area contributed by atoms with E-state index >= 15 is 0 Å². The number of amides is 1. The molecule has 98 valence electrons. The number of rotatable bonds is 4. The molecule has 0 saturated heterocycles. The van der Waals surface area contributed by atoms with Crippen LogP contribution in [0.5, 0.6) is 5.75 Å². The van der Waals surface area contributed by atoms with Crippen LogP contribution in [0.3, 0.4) is 0 Å². The van der Waals surface area contributed by atoms with Gasteiger partial charge in [0.25, 0.3) is 0 Å². The number of carbonyl (C=O) groups excluding carboxylic acids is 1. The molecule has 0 atom stereocenters. The fourth-order valence-electron chi connectivity index (χ4n) is 1.56. The Hall–Kier alpha value is -1.88. The van der Waals surface area contributed by atoms with Crippen molar-refractivity contribution in [3.05, 3.63) is 63.9 Å². The van der Waals surface area contributed by atoms with Crippen LogP contribution in [-0.2, 0) is 6.61 Å². The zero-order chi connectivity index (χ0) is 13.8. The second-order valence-electron chi connectivity index (χ2n) is 3.93. The molecule has 0 aliphatic rings. The van der Waals surface area contributed by atoms with Gasteiger partial charge in [-0.25, -0.2) is 4.39 Å². The molecule has 3 nitrogen and oxygen atoms in total. The van der Waals surface area contributed by atoms with Gasteiger partial charge in [0, 0.05) is 5.56 Å². The average Bonchev–Trinajstić information content (AvgIpc) is 2.37. The second-order valence-corrected chi connectivity index (χ2v) is 4.78. The lowest BCUT2D eigenvalue weighted by Gasteiger charge is -2.09. The Morgan fingerprint density at radius 1 is 1.26 bits per heavy atom. The molecule has 0 spiro atoms. The zero-order valence-electron chi connectivity index (χ0n) is 9.90. The van der Waals surface area contributed by atoms with E-state index in [2.05, 4.69) is 15.9 Å². The topological polar surface area (TPSA) is 52.3 Å². The van der Waals surface area contributed by atoms with Gasteiger partial charge in [-0.3, -0.25) is 4.79 Å². The normalized spacial score (nSPS) is 10.2. The summed E-state index contributed by atoms with van der Waals surface area (Å²) < 4.78 is 19.2. The maximum atomic E-state index is 13.0. The highest BCUT2D eigenvalue weighted by molar-refractivity contribution is 9.10. The molecule has 0 fully saturated rings. The predicted octanol–water partition coefficient (Wildman–Crippen LogP) is 3.27. The van der Waals surface area contributed by atoms with Gasteiger partial charge in [0.1, 0.15) is 18.2 Å². The van der Waals surface area contributed by atoms with Crippen LogP contribution in [0.2, 0.25) is 0 Å². The van der Waals surface area contributed by atoms with Crippen LogP contribution >= 0.6 is 15.9 Å². The Morgan fingerprint density at radius 3 is 2.68 bits per heavy atom. The van der Waals surface area contributed by atoms with Crippen LogP contribution in [-0.4, -0.2) is 5.91 Å². The van der Waals surface area contributed by atoms with Gasteiger partial charge in [-0.1, -0.05) is 12.1 Å². The van der Waals surface area contributed by atoms with E-state index in [1.807, 2.05) is 0 Å². The average molecular weight is 324 g/mol. The van der Waals surface area contributed by atoms with Gasteiger partial charge < -0.3 is 10.5 Å². The molecule has 0 heterocycles. The molecule has 0 radical (unpaired) electrons. The number of ether oxygens (including phenoxy) is 1. The number of hydrogen-bond acceptors (Lipinski definition) is 2. The van der Waals surface area contributed by atoms with Gasteiger partial charge in [-0.05, 0) is 51.8 Å². The zero-order valence-corrected chi connectivity index (χ0v) is 11.5. The van der Waals surface area contributed by atoms with Gasteiger partial charge >= 0.3 is 0 Å². The van der Waals surface area contributed by atoms with E-state index in [0.29, 0.717) is 15.8 Å². The van der Waals surface area contributed by atoms with Gasteiger partial charge in [0.05, 0.1) is 4.47 Å². The predicted molar refractivity (Wildman–Crippen MR) is 73.4 cm³/mol. The van der Waals surface area contributed by atoms with Crippen molar-refractivity contribution in [1.29, 1.82) is 0 Å². The van der Waals surface area contributed by atoms with Gasteiger partial charge in [-0.15, -0.1) is 0 Å². The molecule has 2 rings (SSSR count). The molecule has 2 aromatic rings. The second kappa shape index (κ2) is 5.84. The minimum Gasteiger partial charge on any atom is -0.488 e. The summed E-state index contributed by atoms with van der Waals surface area (Å²) in [6, 6.07) is 11.0. The van der Waals surface area contributed by atoms with Crippen molar-refractivity contribution in [2.24, 2.45) is 5.73 Å². The van der Waals surface area contributed by atoms with E-state index in [0.717, 1.165) is 5.56 Å². The van der Waals surface area contributed by atoms with Crippen molar-refractivity contribution in [2.75, 3.05) is 0 Å². The molecule has 19 heavy (non-hydrogen) atoms. The molecule has 0 bridgehead atoms. The van der Waals surface area contributed by atoms with Crippen molar-refractivity contribution in [3.8, 4) is 5.75 Å². The number of carbonyl (C=O) groups is 1. The number of nitrogens with two attached hydrogens (primary N) is 1. The number of primary amides is 1. The maximum absolute atomic E-state index is 13.0. The summed E-state index contributed by atoms with van der Waals surface area (Å²) in [5.74, 6) is -0.240. The van der Waals surface area contributed by atoms with Crippen LogP contribution in [0, 0.1) is 5.82 Å². The van der Waals surface area contributed by atoms with Crippen molar-refractivity contribution < 1.29 is 13.9 Å². The summed E-state index contributed by atoms with van der Waals surface area (Å²) in [6.07, 6.45) is 0. The minimum absolute atomic E-state index is 0.242. The van der Waals surface area contributed by atoms with Crippen LogP contribution < -0.4 is 10.5 Å². The van der Waals surface area contributed by atoms with E-state index in [9.17, 15) is 9.18 Å². The Labute approximate surface area is 118 Å². The summed E-state index contributed by atoms with van der Waals surface area (Å²) in [4.78, 5) is 11.0. The Morgan fingerprint density at radius 2 is 2.05 bits per heavy atom. The smallest absolute Gasteiger partial charge is 0.248 e. The van der Waals surface area contributed by atoms with E-state index in [-0.39, 0.29) is 12.4 Å². The Balaban J connectivity index is 2.10. The minimum atomic E-state index is -0.502. The fraction of sp³-hybridized carbons (Fsp3) is 0.0714. The molecule has 0 unspecified atom stereocenters. The van der Waals surface area contributed by atoms with Crippen LogP contribution in [0.1, 0.15) is 15.9 Å².